The Bertz CT molecular complexity index is 756. The zero-order valence-electron chi connectivity index (χ0n) is 13.3. The smallest absolute Gasteiger partial charge is 0.199 e. The summed E-state index contributed by atoms with van der Waals surface area (Å²) in [7, 11) is 2.10. The van der Waals surface area contributed by atoms with Crippen molar-refractivity contribution in [2.75, 3.05) is 7.05 Å². The minimum absolute atomic E-state index is 0.605. The first-order chi connectivity index (χ1) is 11.1. The Hall–Kier alpha value is -1.17. The van der Waals surface area contributed by atoms with E-state index in [1.54, 1.807) is 0 Å². The van der Waals surface area contributed by atoms with E-state index in [1.807, 2.05) is 16.8 Å². The number of halogens is 1. The Morgan fingerprint density at radius 2 is 1.91 bits per heavy atom. The van der Waals surface area contributed by atoms with Crippen LogP contribution in [0.15, 0.2) is 24.3 Å². The molecular formula is C17H21ClN4S. The Morgan fingerprint density at radius 3 is 2.52 bits per heavy atom. The second-order valence-electron chi connectivity index (χ2n) is 6.80. The fourth-order valence-electron chi connectivity index (χ4n) is 3.01. The van der Waals surface area contributed by atoms with Gasteiger partial charge < -0.3 is 4.57 Å². The lowest BCUT2D eigenvalue weighted by atomic mass is 10.2. The predicted molar refractivity (Wildman–Crippen MR) is 94.2 cm³/mol. The predicted octanol–water partition coefficient (Wildman–Crippen LogP) is 4.37. The zero-order valence-corrected chi connectivity index (χ0v) is 14.9. The molecule has 0 bridgehead atoms. The van der Waals surface area contributed by atoms with Gasteiger partial charge in [0.1, 0.15) is 5.82 Å². The molecule has 0 atom stereocenters. The third-order valence-corrected chi connectivity index (χ3v) is 5.15. The first-order valence-electron chi connectivity index (χ1n) is 8.24. The number of benzene rings is 1. The van der Waals surface area contributed by atoms with Crippen LogP contribution < -0.4 is 0 Å². The minimum Gasteiger partial charge on any atom is -0.301 e. The molecule has 2 saturated carbocycles. The second kappa shape index (κ2) is 6.04. The molecule has 0 radical (unpaired) electrons. The number of rotatable bonds is 6. The lowest BCUT2D eigenvalue weighted by Crippen LogP contribution is -2.22. The van der Waals surface area contributed by atoms with Gasteiger partial charge >= 0.3 is 0 Å². The van der Waals surface area contributed by atoms with Crippen molar-refractivity contribution in [2.45, 2.75) is 50.9 Å². The van der Waals surface area contributed by atoms with E-state index in [4.69, 9.17) is 28.9 Å². The summed E-state index contributed by atoms with van der Waals surface area (Å²) in [6.45, 7) is 1.58. The molecular weight excluding hydrogens is 328 g/mol. The van der Waals surface area contributed by atoms with E-state index in [0.29, 0.717) is 12.0 Å². The van der Waals surface area contributed by atoms with Crippen LogP contribution in [0.5, 0.6) is 0 Å². The average molecular weight is 349 g/mol. The number of aromatic nitrogens is 3. The van der Waals surface area contributed by atoms with Crippen molar-refractivity contribution in [3.8, 4) is 0 Å². The van der Waals surface area contributed by atoms with Gasteiger partial charge in [-0.3, -0.25) is 4.90 Å². The van der Waals surface area contributed by atoms with Crippen LogP contribution in [0.25, 0.3) is 0 Å². The Kier molecular flexibility index (Phi) is 4.03. The van der Waals surface area contributed by atoms with E-state index in [-0.39, 0.29) is 0 Å². The van der Waals surface area contributed by atoms with Crippen LogP contribution in [0.4, 0.5) is 0 Å². The lowest BCUT2D eigenvalue weighted by molar-refractivity contribution is 0.243. The van der Waals surface area contributed by atoms with Crippen molar-refractivity contribution in [1.29, 1.82) is 0 Å². The van der Waals surface area contributed by atoms with Crippen molar-refractivity contribution in [1.82, 2.24) is 19.2 Å². The van der Waals surface area contributed by atoms with Gasteiger partial charge in [0.2, 0.25) is 0 Å². The highest BCUT2D eigenvalue weighted by Crippen LogP contribution is 2.44. The van der Waals surface area contributed by atoms with Crippen LogP contribution in [0.2, 0.25) is 5.02 Å². The highest BCUT2D eigenvalue weighted by molar-refractivity contribution is 7.71. The van der Waals surface area contributed by atoms with E-state index in [9.17, 15) is 0 Å². The molecule has 4 nitrogen and oxygen atoms in total. The molecule has 4 rings (SSSR count). The first-order valence-corrected chi connectivity index (χ1v) is 9.02. The Balaban J connectivity index is 1.50. The van der Waals surface area contributed by atoms with E-state index in [1.165, 1.54) is 37.1 Å². The largest absolute Gasteiger partial charge is 0.301 e. The maximum atomic E-state index is 5.95. The summed E-state index contributed by atoms with van der Waals surface area (Å²) in [5.41, 5.74) is 1.24. The number of hydrogen-bond donors (Lipinski definition) is 0. The molecule has 1 heterocycles. The summed E-state index contributed by atoms with van der Waals surface area (Å²) in [6.07, 6.45) is 5.03. The average Bonchev–Trinajstić information content (AvgIpc) is 3.42. The van der Waals surface area contributed by atoms with Crippen molar-refractivity contribution in [3.05, 3.63) is 45.4 Å². The maximum Gasteiger partial charge on any atom is 0.199 e. The monoisotopic (exact) mass is 348 g/mol. The molecule has 122 valence electrons. The van der Waals surface area contributed by atoms with Crippen molar-refractivity contribution < 1.29 is 0 Å². The van der Waals surface area contributed by atoms with Crippen LogP contribution in [0.3, 0.4) is 0 Å². The van der Waals surface area contributed by atoms with Gasteiger partial charge in [0.25, 0.3) is 0 Å². The SMILES string of the molecule is CN(Cc1ccc(Cl)cc1)Cn1nc(C2CC2)n(C2CC2)c1=S. The molecule has 1 aromatic heterocycles. The third-order valence-electron chi connectivity index (χ3n) is 4.49. The second-order valence-corrected chi connectivity index (χ2v) is 7.60. The summed E-state index contributed by atoms with van der Waals surface area (Å²) < 4.78 is 5.21. The van der Waals surface area contributed by atoms with E-state index < -0.39 is 0 Å². The van der Waals surface area contributed by atoms with Gasteiger partial charge in [0, 0.05) is 23.5 Å². The Morgan fingerprint density at radius 1 is 1.22 bits per heavy atom. The summed E-state index contributed by atoms with van der Waals surface area (Å²) in [5.74, 6) is 1.86. The molecule has 0 N–H and O–H groups in total. The van der Waals surface area contributed by atoms with E-state index >= 15 is 0 Å². The summed E-state index contributed by atoms with van der Waals surface area (Å²) in [6, 6.07) is 8.60. The molecule has 2 aromatic rings. The molecule has 0 aliphatic heterocycles. The van der Waals surface area contributed by atoms with E-state index in [0.717, 1.165) is 23.0 Å². The lowest BCUT2D eigenvalue weighted by Gasteiger charge is -2.16. The zero-order chi connectivity index (χ0) is 16.0. The van der Waals surface area contributed by atoms with Crippen molar-refractivity contribution in [3.63, 3.8) is 0 Å². The molecule has 23 heavy (non-hydrogen) atoms. The molecule has 0 unspecified atom stereocenters. The van der Waals surface area contributed by atoms with E-state index in [2.05, 4.69) is 28.6 Å². The molecule has 0 saturated heterocycles. The third kappa shape index (κ3) is 3.37. The van der Waals surface area contributed by atoms with Gasteiger partial charge in [-0.15, -0.1) is 0 Å². The van der Waals surface area contributed by atoms with Crippen molar-refractivity contribution >= 4 is 23.8 Å². The Labute approximate surface area is 146 Å². The maximum absolute atomic E-state index is 5.95. The molecule has 2 aliphatic rings. The fourth-order valence-corrected chi connectivity index (χ4v) is 3.47. The minimum atomic E-state index is 0.605. The fraction of sp³-hybridized carbons (Fsp3) is 0.529. The summed E-state index contributed by atoms with van der Waals surface area (Å²) >= 11 is 11.6. The van der Waals surface area contributed by atoms with Crippen LogP contribution in [0.1, 0.15) is 49.0 Å². The molecule has 0 amide bonds. The van der Waals surface area contributed by atoms with Gasteiger partial charge in [-0.05, 0) is 62.6 Å². The summed E-state index contributed by atoms with van der Waals surface area (Å²) in [5, 5.41) is 5.62. The van der Waals surface area contributed by atoms with Gasteiger partial charge in [-0.2, -0.15) is 5.10 Å². The molecule has 0 spiro atoms. The highest BCUT2D eigenvalue weighted by atomic mass is 35.5. The quantitative estimate of drug-likeness (QED) is 0.725. The number of nitrogens with zero attached hydrogens (tertiary/aromatic N) is 4. The topological polar surface area (TPSA) is 26.0 Å². The van der Waals surface area contributed by atoms with Gasteiger partial charge in [-0.25, -0.2) is 4.68 Å². The molecule has 2 aliphatic carbocycles. The summed E-state index contributed by atoms with van der Waals surface area (Å²) in [4.78, 5) is 2.24. The van der Waals surface area contributed by atoms with Gasteiger partial charge in [0.15, 0.2) is 4.77 Å². The van der Waals surface area contributed by atoms with Crippen LogP contribution in [0, 0.1) is 4.77 Å². The van der Waals surface area contributed by atoms with Crippen LogP contribution >= 0.6 is 23.8 Å². The molecule has 6 heteroatoms. The highest BCUT2D eigenvalue weighted by Gasteiger charge is 2.35. The number of hydrogen-bond acceptors (Lipinski definition) is 3. The standard InChI is InChI=1S/C17H21ClN4S/c1-20(10-12-2-6-14(18)7-3-12)11-21-17(23)22(15-8-9-15)16(19-21)13-4-5-13/h2-3,6-7,13,15H,4-5,8-11H2,1H3. The van der Waals surface area contributed by atoms with Crippen LogP contribution in [-0.4, -0.2) is 26.3 Å². The van der Waals surface area contributed by atoms with Crippen LogP contribution in [-0.2, 0) is 13.2 Å². The van der Waals surface area contributed by atoms with Gasteiger partial charge in [0.05, 0.1) is 6.67 Å². The molecule has 1 aromatic carbocycles. The normalized spacial score (nSPS) is 17.9. The van der Waals surface area contributed by atoms with Gasteiger partial charge in [-0.1, -0.05) is 23.7 Å². The van der Waals surface area contributed by atoms with Crippen molar-refractivity contribution in [2.24, 2.45) is 0 Å². The molecule has 2 fully saturated rings. The first kappa shape index (κ1) is 15.4.